The molecule has 0 unspecified atom stereocenters. The molecule has 2 heterocycles. The van der Waals surface area contributed by atoms with Gasteiger partial charge in [-0.25, -0.2) is 4.79 Å². The fraction of sp³-hybridized carbons (Fsp3) is 0.688. The fourth-order valence-electron chi connectivity index (χ4n) is 2.65. The lowest BCUT2D eigenvalue weighted by Gasteiger charge is -2.34. The van der Waals surface area contributed by atoms with Gasteiger partial charge in [-0.15, -0.1) is 0 Å². The topological polar surface area (TPSA) is 79.3 Å². The number of urea groups is 1. The maximum atomic E-state index is 12.1. The minimum Gasteiger partial charge on any atom is -0.353 e. The van der Waals surface area contributed by atoms with Crippen LogP contribution in [0.1, 0.15) is 39.2 Å². The van der Waals surface area contributed by atoms with Crippen molar-refractivity contribution < 1.29 is 9.59 Å². The van der Waals surface area contributed by atoms with Gasteiger partial charge >= 0.3 is 6.03 Å². The first kappa shape index (κ1) is 17.3. The summed E-state index contributed by atoms with van der Waals surface area (Å²) in [5.41, 5.74) is 0.679. The highest BCUT2D eigenvalue weighted by molar-refractivity contribution is 5.79. The number of aromatic nitrogens is 2. The van der Waals surface area contributed by atoms with Gasteiger partial charge < -0.3 is 15.5 Å². The zero-order valence-electron chi connectivity index (χ0n) is 14.4. The predicted octanol–water partition coefficient (Wildman–Crippen LogP) is 1.05. The van der Waals surface area contributed by atoms with E-state index in [1.54, 1.807) is 10.9 Å². The van der Waals surface area contributed by atoms with Crippen molar-refractivity contribution in [2.75, 3.05) is 13.1 Å². The number of rotatable bonds is 3. The normalized spacial score (nSPS) is 16.3. The second-order valence-electron chi connectivity index (χ2n) is 7.21. The van der Waals surface area contributed by atoms with Gasteiger partial charge in [0.15, 0.2) is 0 Å². The summed E-state index contributed by atoms with van der Waals surface area (Å²) >= 11 is 0. The van der Waals surface area contributed by atoms with E-state index in [9.17, 15) is 9.59 Å². The van der Waals surface area contributed by atoms with Crippen LogP contribution in [0.4, 0.5) is 4.79 Å². The summed E-state index contributed by atoms with van der Waals surface area (Å²) in [5, 5.41) is 10.1. The minimum atomic E-state index is -0.230. The second kappa shape index (κ2) is 7.02. The number of piperidine rings is 1. The highest BCUT2D eigenvalue weighted by Gasteiger charge is 2.25. The van der Waals surface area contributed by atoms with Crippen LogP contribution in [-0.2, 0) is 18.3 Å². The standard InChI is InChI=1S/C16H27N5O2/c1-16(2,3)19-15(23)21-7-5-13(6-8-21)18-14(22)9-12-10-17-20(4)11-12/h10-11,13H,5-9H2,1-4H3,(H,18,22)(H,19,23). The molecule has 0 aromatic carbocycles. The van der Waals surface area contributed by atoms with Crippen LogP contribution in [0.15, 0.2) is 12.4 Å². The number of aryl methyl sites for hydroxylation is 1. The van der Waals surface area contributed by atoms with Crippen molar-refractivity contribution in [2.45, 2.75) is 51.6 Å². The van der Waals surface area contributed by atoms with Gasteiger partial charge in [0.2, 0.25) is 5.91 Å². The molecule has 7 heteroatoms. The molecule has 1 aliphatic heterocycles. The maximum Gasteiger partial charge on any atom is 0.317 e. The second-order valence-corrected chi connectivity index (χ2v) is 7.21. The van der Waals surface area contributed by atoms with Crippen LogP contribution in [0.3, 0.4) is 0 Å². The van der Waals surface area contributed by atoms with Crippen LogP contribution >= 0.6 is 0 Å². The molecule has 7 nitrogen and oxygen atoms in total. The Morgan fingerprint density at radius 2 is 1.96 bits per heavy atom. The molecule has 1 fully saturated rings. The molecule has 0 radical (unpaired) electrons. The van der Waals surface area contributed by atoms with Gasteiger partial charge in [-0.05, 0) is 39.2 Å². The quantitative estimate of drug-likeness (QED) is 0.873. The molecule has 23 heavy (non-hydrogen) atoms. The summed E-state index contributed by atoms with van der Waals surface area (Å²) in [6, 6.07) is 0.107. The van der Waals surface area contributed by atoms with Gasteiger partial charge in [-0.2, -0.15) is 5.10 Å². The van der Waals surface area contributed by atoms with Gasteiger partial charge in [-0.3, -0.25) is 9.48 Å². The number of hydrogen-bond acceptors (Lipinski definition) is 3. The van der Waals surface area contributed by atoms with Crippen molar-refractivity contribution in [3.63, 3.8) is 0 Å². The van der Waals surface area contributed by atoms with E-state index in [1.165, 1.54) is 0 Å². The number of amides is 3. The third-order valence-corrected chi connectivity index (χ3v) is 3.75. The van der Waals surface area contributed by atoms with Crippen LogP contribution in [0, 0.1) is 0 Å². The lowest BCUT2D eigenvalue weighted by Crippen LogP contribution is -2.53. The molecule has 128 valence electrons. The Hall–Kier alpha value is -2.05. The Labute approximate surface area is 137 Å². The van der Waals surface area contributed by atoms with Crippen molar-refractivity contribution in [2.24, 2.45) is 7.05 Å². The van der Waals surface area contributed by atoms with Crippen LogP contribution in [0.5, 0.6) is 0 Å². The molecule has 1 aromatic heterocycles. The van der Waals surface area contributed by atoms with Crippen molar-refractivity contribution in [3.8, 4) is 0 Å². The third-order valence-electron chi connectivity index (χ3n) is 3.75. The molecule has 0 aliphatic carbocycles. The molecule has 0 saturated carbocycles. The highest BCUT2D eigenvalue weighted by atomic mass is 16.2. The van der Waals surface area contributed by atoms with Crippen LogP contribution in [0.25, 0.3) is 0 Å². The average molecular weight is 321 g/mol. The largest absolute Gasteiger partial charge is 0.353 e. The minimum absolute atomic E-state index is 0.00981. The first-order chi connectivity index (χ1) is 10.7. The molecule has 2 rings (SSSR count). The zero-order valence-corrected chi connectivity index (χ0v) is 14.4. The van der Waals surface area contributed by atoms with E-state index in [1.807, 2.05) is 38.9 Å². The van der Waals surface area contributed by atoms with Gasteiger partial charge in [0.05, 0.1) is 12.6 Å². The smallest absolute Gasteiger partial charge is 0.317 e. The summed E-state index contributed by atoms with van der Waals surface area (Å²) < 4.78 is 1.69. The van der Waals surface area contributed by atoms with Crippen LogP contribution in [0.2, 0.25) is 0 Å². The molecule has 1 saturated heterocycles. The van der Waals surface area contributed by atoms with Gasteiger partial charge in [-0.1, -0.05) is 0 Å². The fourth-order valence-corrected chi connectivity index (χ4v) is 2.65. The number of likely N-dealkylation sites (tertiary alicyclic amines) is 1. The molecule has 1 aromatic rings. The van der Waals surface area contributed by atoms with Crippen molar-refractivity contribution in [3.05, 3.63) is 18.0 Å². The van der Waals surface area contributed by atoms with E-state index in [4.69, 9.17) is 0 Å². The summed E-state index contributed by atoms with van der Waals surface area (Å²) in [6.07, 6.45) is 5.48. The van der Waals surface area contributed by atoms with Gasteiger partial charge in [0.25, 0.3) is 0 Å². The van der Waals surface area contributed by atoms with E-state index in [2.05, 4.69) is 15.7 Å². The molecular formula is C16H27N5O2. The van der Waals surface area contributed by atoms with Crippen LogP contribution < -0.4 is 10.6 Å². The number of hydrogen-bond donors (Lipinski definition) is 2. The van der Waals surface area contributed by atoms with Gasteiger partial charge in [0.1, 0.15) is 0 Å². The summed E-state index contributed by atoms with van der Waals surface area (Å²) in [6.45, 7) is 7.24. The molecular weight excluding hydrogens is 294 g/mol. The zero-order chi connectivity index (χ0) is 17.0. The lowest BCUT2D eigenvalue weighted by molar-refractivity contribution is -0.121. The number of carbonyl (C=O) groups is 2. The Kier molecular flexibility index (Phi) is 5.28. The Balaban J connectivity index is 1.74. The highest BCUT2D eigenvalue weighted by Crippen LogP contribution is 2.12. The lowest BCUT2D eigenvalue weighted by atomic mass is 10.0. The molecule has 0 bridgehead atoms. The average Bonchev–Trinajstić information content (AvgIpc) is 2.82. The van der Waals surface area contributed by atoms with E-state index < -0.39 is 0 Å². The first-order valence-corrected chi connectivity index (χ1v) is 8.07. The van der Waals surface area contributed by atoms with Gasteiger partial charge in [0, 0.05) is 37.9 Å². The van der Waals surface area contributed by atoms with E-state index in [0.717, 1.165) is 18.4 Å². The third kappa shape index (κ3) is 5.58. The summed E-state index contributed by atoms with van der Waals surface area (Å²) in [7, 11) is 1.83. The van der Waals surface area contributed by atoms with Crippen molar-refractivity contribution in [1.29, 1.82) is 0 Å². The Morgan fingerprint density at radius 1 is 1.30 bits per heavy atom. The monoisotopic (exact) mass is 321 g/mol. The Bertz CT molecular complexity index is 553. The maximum absolute atomic E-state index is 12.1. The van der Waals surface area contributed by atoms with E-state index >= 15 is 0 Å². The number of carbonyl (C=O) groups excluding carboxylic acids is 2. The first-order valence-electron chi connectivity index (χ1n) is 8.07. The molecule has 0 spiro atoms. The van der Waals surface area contributed by atoms with Crippen LogP contribution in [-0.4, -0.2) is 51.3 Å². The SMILES string of the molecule is Cn1cc(CC(=O)NC2CCN(C(=O)NC(C)(C)C)CC2)cn1. The summed E-state index contributed by atoms with van der Waals surface area (Å²) in [4.78, 5) is 26.0. The van der Waals surface area contributed by atoms with Crippen molar-refractivity contribution in [1.82, 2.24) is 25.3 Å². The molecule has 2 N–H and O–H groups in total. The molecule has 3 amide bonds. The number of nitrogens with one attached hydrogen (secondary N) is 2. The number of nitrogens with zero attached hydrogens (tertiary/aromatic N) is 3. The van der Waals surface area contributed by atoms with E-state index in [-0.39, 0.29) is 23.5 Å². The summed E-state index contributed by atoms with van der Waals surface area (Å²) in [5.74, 6) is 0.00981. The van der Waals surface area contributed by atoms with E-state index in [0.29, 0.717) is 19.5 Å². The van der Waals surface area contributed by atoms with Crippen molar-refractivity contribution >= 4 is 11.9 Å². The molecule has 1 aliphatic rings. The predicted molar refractivity (Wildman–Crippen MR) is 87.9 cm³/mol. The Morgan fingerprint density at radius 3 is 2.48 bits per heavy atom. The molecule has 0 atom stereocenters.